The van der Waals surface area contributed by atoms with Crippen molar-refractivity contribution in [1.29, 1.82) is 0 Å². The maximum absolute atomic E-state index is 5.28. The highest BCUT2D eigenvalue weighted by atomic mass is 16.5. The molecule has 2 aromatic rings. The maximum Gasteiger partial charge on any atom is 0.119 e. The molecular formula is C17H22N2O. The summed E-state index contributed by atoms with van der Waals surface area (Å²) in [6.45, 7) is 1.73. The topological polar surface area (TPSA) is 24.5 Å². The van der Waals surface area contributed by atoms with Gasteiger partial charge in [-0.2, -0.15) is 0 Å². The van der Waals surface area contributed by atoms with E-state index >= 15 is 0 Å². The molecular weight excluding hydrogens is 248 g/mol. The third kappa shape index (κ3) is 3.52. The zero-order valence-corrected chi connectivity index (χ0v) is 12.4. The van der Waals surface area contributed by atoms with Gasteiger partial charge in [0.2, 0.25) is 0 Å². The molecule has 0 bridgehead atoms. The fraction of sp³-hybridized carbons (Fsp3) is 0.294. The van der Waals surface area contributed by atoms with Crippen molar-refractivity contribution in [1.82, 2.24) is 5.32 Å². The molecule has 20 heavy (non-hydrogen) atoms. The van der Waals surface area contributed by atoms with E-state index in [-0.39, 0.29) is 0 Å². The van der Waals surface area contributed by atoms with Gasteiger partial charge in [0.15, 0.2) is 0 Å². The molecule has 0 aliphatic heterocycles. The Morgan fingerprint density at radius 2 is 1.90 bits per heavy atom. The summed E-state index contributed by atoms with van der Waals surface area (Å²) in [6, 6.07) is 16.7. The van der Waals surface area contributed by atoms with Crippen LogP contribution in [-0.2, 0) is 13.1 Å². The zero-order valence-electron chi connectivity index (χ0n) is 12.4. The van der Waals surface area contributed by atoms with Crippen molar-refractivity contribution in [2.45, 2.75) is 13.1 Å². The first-order chi connectivity index (χ1) is 9.74. The molecule has 0 fully saturated rings. The van der Waals surface area contributed by atoms with E-state index < -0.39 is 0 Å². The Balaban J connectivity index is 2.17. The average Bonchev–Trinajstić information content (AvgIpc) is 2.48. The Kier molecular flexibility index (Phi) is 5.02. The summed E-state index contributed by atoms with van der Waals surface area (Å²) >= 11 is 0. The number of nitrogens with zero attached hydrogens (tertiary/aromatic N) is 1. The SMILES string of the molecule is CNCc1ccccc1N(C)Cc1cccc(OC)c1. The molecule has 3 nitrogen and oxygen atoms in total. The van der Waals surface area contributed by atoms with E-state index in [1.54, 1.807) is 7.11 Å². The Morgan fingerprint density at radius 1 is 1.10 bits per heavy atom. The van der Waals surface area contributed by atoms with E-state index in [4.69, 9.17) is 4.74 Å². The van der Waals surface area contributed by atoms with Crippen LogP contribution in [0, 0.1) is 0 Å². The van der Waals surface area contributed by atoms with Gasteiger partial charge in [-0.3, -0.25) is 0 Å². The van der Waals surface area contributed by atoms with Crippen LogP contribution in [0.1, 0.15) is 11.1 Å². The van der Waals surface area contributed by atoms with Crippen LogP contribution in [0.3, 0.4) is 0 Å². The molecule has 0 radical (unpaired) electrons. The highest BCUT2D eigenvalue weighted by Crippen LogP contribution is 2.22. The Morgan fingerprint density at radius 3 is 2.65 bits per heavy atom. The van der Waals surface area contributed by atoms with E-state index in [0.717, 1.165) is 18.8 Å². The molecule has 2 aromatic carbocycles. The van der Waals surface area contributed by atoms with Crippen molar-refractivity contribution in [3.63, 3.8) is 0 Å². The summed E-state index contributed by atoms with van der Waals surface area (Å²) < 4.78 is 5.28. The lowest BCUT2D eigenvalue weighted by Crippen LogP contribution is -2.19. The molecule has 0 heterocycles. The molecule has 0 aliphatic carbocycles. The lowest BCUT2D eigenvalue weighted by Gasteiger charge is -2.23. The summed E-state index contributed by atoms with van der Waals surface area (Å²) in [4.78, 5) is 2.27. The second-order valence-corrected chi connectivity index (χ2v) is 4.87. The maximum atomic E-state index is 5.28. The minimum absolute atomic E-state index is 0.859. The first-order valence-corrected chi connectivity index (χ1v) is 6.81. The smallest absolute Gasteiger partial charge is 0.119 e. The highest BCUT2D eigenvalue weighted by Gasteiger charge is 2.07. The molecule has 0 saturated carbocycles. The van der Waals surface area contributed by atoms with Gasteiger partial charge < -0.3 is 15.0 Å². The first-order valence-electron chi connectivity index (χ1n) is 6.81. The van der Waals surface area contributed by atoms with Crippen LogP contribution in [0.15, 0.2) is 48.5 Å². The standard InChI is InChI=1S/C17H22N2O/c1-18-12-15-8-4-5-10-17(15)19(2)13-14-7-6-9-16(11-14)20-3/h4-11,18H,12-13H2,1-3H3. The van der Waals surface area contributed by atoms with Gasteiger partial charge in [0, 0.05) is 25.8 Å². The highest BCUT2D eigenvalue weighted by molar-refractivity contribution is 5.53. The van der Waals surface area contributed by atoms with Crippen LogP contribution in [0.2, 0.25) is 0 Å². The van der Waals surface area contributed by atoms with E-state index in [2.05, 4.69) is 53.7 Å². The second kappa shape index (κ2) is 6.96. The molecule has 0 unspecified atom stereocenters. The Hall–Kier alpha value is -2.00. The van der Waals surface area contributed by atoms with Crippen LogP contribution in [-0.4, -0.2) is 21.2 Å². The molecule has 0 amide bonds. The van der Waals surface area contributed by atoms with Crippen LogP contribution >= 0.6 is 0 Å². The van der Waals surface area contributed by atoms with Gasteiger partial charge in [-0.25, -0.2) is 0 Å². The predicted octanol–water partition coefficient (Wildman–Crippen LogP) is 3.05. The third-order valence-corrected chi connectivity index (χ3v) is 3.32. The third-order valence-electron chi connectivity index (χ3n) is 3.32. The number of benzene rings is 2. The van der Waals surface area contributed by atoms with E-state index in [1.807, 2.05) is 19.2 Å². The Bertz CT molecular complexity index is 554. The summed E-state index contributed by atoms with van der Waals surface area (Å²) in [5.74, 6) is 0.902. The van der Waals surface area contributed by atoms with E-state index in [1.165, 1.54) is 16.8 Å². The van der Waals surface area contributed by atoms with Crippen molar-refractivity contribution in [3.8, 4) is 5.75 Å². The van der Waals surface area contributed by atoms with Gasteiger partial charge in [0.25, 0.3) is 0 Å². The van der Waals surface area contributed by atoms with E-state index in [9.17, 15) is 0 Å². The summed E-state index contributed by atoms with van der Waals surface area (Å²) in [7, 11) is 5.79. The monoisotopic (exact) mass is 270 g/mol. The summed E-state index contributed by atoms with van der Waals surface area (Å²) in [6.07, 6.45) is 0. The molecule has 0 spiro atoms. The minimum Gasteiger partial charge on any atom is -0.497 e. The lowest BCUT2D eigenvalue weighted by molar-refractivity contribution is 0.414. The number of methoxy groups -OCH3 is 1. The van der Waals surface area contributed by atoms with Gasteiger partial charge in [-0.05, 0) is 36.4 Å². The fourth-order valence-electron chi connectivity index (χ4n) is 2.35. The second-order valence-electron chi connectivity index (χ2n) is 4.87. The van der Waals surface area contributed by atoms with Crippen molar-refractivity contribution in [2.75, 3.05) is 26.1 Å². The van der Waals surface area contributed by atoms with Crippen molar-refractivity contribution >= 4 is 5.69 Å². The number of nitrogens with one attached hydrogen (secondary N) is 1. The Labute approximate surface area is 121 Å². The van der Waals surface area contributed by atoms with Crippen molar-refractivity contribution < 1.29 is 4.74 Å². The average molecular weight is 270 g/mol. The van der Waals surface area contributed by atoms with Crippen LogP contribution in [0.5, 0.6) is 5.75 Å². The lowest BCUT2D eigenvalue weighted by atomic mass is 10.1. The molecule has 0 aliphatic rings. The van der Waals surface area contributed by atoms with Gasteiger partial charge in [-0.15, -0.1) is 0 Å². The molecule has 106 valence electrons. The van der Waals surface area contributed by atoms with E-state index in [0.29, 0.717) is 0 Å². The largest absolute Gasteiger partial charge is 0.497 e. The first kappa shape index (κ1) is 14.4. The molecule has 0 atom stereocenters. The molecule has 3 heteroatoms. The molecule has 1 N–H and O–H groups in total. The number of anilines is 1. The fourth-order valence-corrected chi connectivity index (χ4v) is 2.35. The number of para-hydroxylation sites is 1. The molecule has 0 saturated heterocycles. The number of hydrogen-bond acceptors (Lipinski definition) is 3. The van der Waals surface area contributed by atoms with Crippen molar-refractivity contribution in [2.24, 2.45) is 0 Å². The van der Waals surface area contributed by atoms with Crippen molar-refractivity contribution in [3.05, 3.63) is 59.7 Å². The van der Waals surface area contributed by atoms with Gasteiger partial charge in [0.05, 0.1) is 7.11 Å². The van der Waals surface area contributed by atoms with Crippen LogP contribution < -0.4 is 15.0 Å². The molecule has 0 aromatic heterocycles. The van der Waals surface area contributed by atoms with Crippen LogP contribution in [0.4, 0.5) is 5.69 Å². The van der Waals surface area contributed by atoms with Gasteiger partial charge in [-0.1, -0.05) is 30.3 Å². The zero-order chi connectivity index (χ0) is 14.4. The quantitative estimate of drug-likeness (QED) is 0.873. The normalized spacial score (nSPS) is 10.3. The molecule has 2 rings (SSSR count). The van der Waals surface area contributed by atoms with Crippen LogP contribution in [0.25, 0.3) is 0 Å². The number of ether oxygens (including phenoxy) is 1. The predicted molar refractivity (Wildman–Crippen MR) is 84.3 cm³/mol. The number of rotatable bonds is 6. The number of hydrogen-bond donors (Lipinski definition) is 1. The summed E-state index contributed by atoms with van der Waals surface area (Å²) in [5, 5.41) is 3.21. The minimum atomic E-state index is 0.859. The summed E-state index contributed by atoms with van der Waals surface area (Å²) in [5.41, 5.74) is 3.80. The van der Waals surface area contributed by atoms with Gasteiger partial charge in [0.1, 0.15) is 5.75 Å². The van der Waals surface area contributed by atoms with Gasteiger partial charge >= 0.3 is 0 Å².